The Bertz CT molecular complexity index is 626. The van der Waals surface area contributed by atoms with E-state index < -0.39 is 0 Å². The molecule has 0 saturated carbocycles. The predicted molar refractivity (Wildman–Crippen MR) is 205 cm³/mol. The first kappa shape index (κ1) is 43.4. The van der Waals surface area contributed by atoms with E-state index in [2.05, 4.69) is 43.1 Å². The van der Waals surface area contributed by atoms with E-state index in [0.29, 0.717) is 0 Å². The average Bonchev–Trinajstić information content (AvgIpc) is 3.58. The first-order valence-corrected chi connectivity index (χ1v) is 21.1. The second-order valence-electron chi connectivity index (χ2n) is 14.5. The summed E-state index contributed by atoms with van der Waals surface area (Å²) in [4.78, 5) is 2.58. The van der Waals surface area contributed by atoms with Crippen LogP contribution in [0.15, 0.2) is 24.3 Å². The highest BCUT2D eigenvalue weighted by Crippen LogP contribution is 2.14. The maximum absolute atomic E-state index is 6.38. The van der Waals surface area contributed by atoms with Crippen molar-refractivity contribution in [2.45, 2.75) is 213 Å². The van der Waals surface area contributed by atoms with Crippen molar-refractivity contribution in [3.8, 4) is 0 Å². The van der Waals surface area contributed by atoms with Crippen molar-refractivity contribution in [3.05, 3.63) is 24.3 Å². The summed E-state index contributed by atoms with van der Waals surface area (Å²) >= 11 is 0. The summed E-state index contributed by atoms with van der Waals surface area (Å²) in [7, 11) is 0. The standard InChI is InChI=1S/C43H83NO2/c1-3-5-7-9-11-13-15-17-19-21-23-25-27-29-31-35-39-45-42-43(41-44-37-33-34-38-44)46-40-36-32-30-28-26-24-22-20-18-16-14-12-10-8-6-4-2/h17-20,43H,3-16,21-42H2,1-2H3/b19-17-,20-18-. The van der Waals surface area contributed by atoms with Gasteiger partial charge in [-0.05, 0) is 90.1 Å². The third-order valence-corrected chi connectivity index (χ3v) is 9.77. The number of nitrogens with zero attached hydrogens (tertiary/aromatic N) is 1. The molecule has 1 aliphatic heterocycles. The van der Waals surface area contributed by atoms with Crippen molar-refractivity contribution in [2.75, 3.05) is 39.5 Å². The summed E-state index contributed by atoms with van der Waals surface area (Å²) in [5.41, 5.74) is 0. The number of ether oxygens (including phenoxy) is 2. The van der Waals surface area contributed by atoms with E-state index in [4.69, 9.17) is 9.47 Å². The van der Waals surface area contributed by atoms with Crippen LogP contribution in [0, 0.1) is 0 Å². The molecule has 0 aliphatic carbocycles. The predicted octanol–water partition coefficient (Wildman–Crippen LogP) is 13.6. The van der Waals surface area contributed by atoms with Crippen LogP contribution in [0.2, 0.25) is 0 Å². The van der Waals surface area contributed by atoms with E-state index in [1.54, 1.807) is 0 Å². The lowest BCUT2D eigenvalue weighted by molar-refractivity contribution is -0.0316. The zero-order valence-corrected chi connectivity index (χ0v) is 31.6. The first-order valence-electron chi connectivity index (χ1n) is 21.1. The highest BCUT2D eigenvalue weighted by Gasteiger charge is 2.18. The molecule has 0 aromatic carbocycles. The Morgan fingerprint density at radius 1 is 0.457 bits per heavy atom. The molecule has 1 heterocycles. The fourth-order valence-electron chi connectivity index (χ4n) is 6.67. The molecule has 1 atom stereocenters. The number of allylic oxidation sites excluding steroid dienone is 4. The number of likely N-dealkylation sites (tertiary alicyclic amines) is 1. The summed E-state index contributed by atoms with van der Waals surface area (Å²) in [5, 5.41) is 0. The lowest BCUT2D eigenvalue weighted by Crippen LogP contribution is -2.35. The maximum atomic E-state index is 6.38. The first-order chi connectivity index (χ1) is 22.9. The van der Waals surface area contributed by atoms with Gasteiger partial charge in [-0.1, -0.05) is 154 Å². The van der Waals surface area contributed by atoms with Gasteiger partial charge in [-0.25, -0.2) is 0 Å². The zero-order chi connectivity index (χ0) is 32.9. The van der Waals surface area contributed by atoms with Gasteiger partial charge in [0.15, 0.2) is 0 Å². The molecule has 1 aliphatic rings. The average molecular weight is 646 g/mol. The minimum atomic E-state index is 0.246. The molecule has 3 heteroatoms. The van der Waals surface area contributed by atoms with Crippen LogP contribution in [0.5, 0.6) is 0 Å². The highest BCUT2D eigenvalue weighted by molar-refractivity contribution is 4.82. The van der Waals surface area contributed by atoms with Gasteiger partial charge in [0.1, 0.15) is 0 Å². The lowest BCUT2D eigenvalue weighted by Gasteiger charge is -2.24. The summed E-state index contributed by atoms with van der Waals surface area (Å²) in [6.07, 6.45) is 50.5. The molecule has 0 radical (unpaired) electrons. The third kappa shape index (κ3) is 31.9. The topological polar surface area (TPSA) is 21.7 Å². The summed E-state index contributed by atoms with van der Waals surface area (Å²) in [5.74, 6) is 0. The Balaban J connectivity index is 1.94. The van der Waals surface area contributed by atoms with Crippen LogP contribution in [-0.4, -0.2) is 50.5 Å². The second kappa shape index (κ2) is 37.2. The van der Waals surface area contributed by atoms with Crippen LogP contribution in [0.4, 0.5) is 0 Å². The van der Waals surface area contributed by atoms with Crippen LogP contribution in [0.3, 0.4) is 0 Å². The van der Waals surface area contributed by atoms with Gasteiger partial charge in [-0.15, -0.1) is 0 Å². The molecule has 0 spiro atoms. The summed E-state index contributed by atoms with van der Waals surface area (Å²) in [6, 6.07) is 0. The largest absolute Gasteiger partial charge is 0.379 e. The Kier molecular flexibility index (Phi) is 35.1. The van der Waals surface area contributed by atoms with Crippen LogP contribution < -0.4 is 0 Å². The third-order valence-electron chi connectivity index (χ3n) is 9.77. The highest BCUT2D eigenvalue weighted by atomic mass is 16.5. The molecule has 0 bridgehead atoms. The quantitative estimate of drug-likeness (QED) is 0.0495. The van der Waals surface area contributed by atoms with Gasteiger partial charge in [0.2, 0.25) is 0 Å². The summed E-state index contributed by atoms with van der Waals surface area (Å²) < 4.78 is 12.5. The molecule has 1 fully saturated rings. The van der Waals surface area contributed by atoms with E-state index in [1.165, 1.54) is 206 Å². The molecular formula is C43H83NO2. The fraction of sp³-hybridized carbons (Fsp3) is 0.907. The van der Waals surface area contributed by atoms with Crippen molar-refractivity contribution in [1.82, 2.24) is 4.90 Å². The van der Waals surface area contributed by atoms with Gasteiger partial charge in [-0.3, -0.25) is 0 Å². The van der Waals surface area contributed by atoms with Gasteiger partial charge < -0.3 is 14.4 Å². The van der Waals surface area contributed by atoms with E-state index in [0.717, 1.165) is 26.4 Å². The van der Waals surface area contributed by atoms with Gasteiger partial charge in [-0.2, -0.15) is 0 Å². The van der Waals surface area contributed by atoms with Gasteiger partial charge >= 0.3 is 0 Å². The number of unbranched alkanes of at least 4 members (excludes halogenated alkanes) is 24. The van der Waals surface area contributed by atoms with Gasteiger partial charge in [0.25, 0.3) is 0 Å². The second-order valence-corrected chi connectivity index (χ2v) is 14.5. The molecule has 0 amide bonds. The normalized spacial score (nSPS) is 14.8. The molecule has 1 saturated heterocycles. The monoisotopic (exact) mass is 646 g/mol. The van der Waals surface area contributed by atoms with Crippen molar-refractivity contribution in [1.29, 1.82) is 0 Å². The van der Waals surface area contributed by atoms with E-state index in [-0.39, 0.29) is 6.10 Å². The van der Waals surface area contributed by atoms with E-state index in [1.807, 2.05) is 0 Å². The summed E-state index contributed by atoms with van der Waals surface area (Å²) in [6.45, 7) is 10.7. The zero-order valence-electron chi connectivity index (χ0n) is 31.6. The minimum absolute atomic E-state index is 0.246. The molecule has 1 rings (SSSR count). The van der Waals surface area contributed by atoms with E-state index in [9.17, 15) is 0 Å². The molecule has 3 nitrogen and oxygen atoms in total. The molecule has 1 unspecified atom stereocenters. The van der Waals surface area contributed by atoms with Gasteiger partial charge in [0.05, 0.1) is 12.7 Å². The Morgan fingerprint density at radius 3 is 1.26 bits per heavy atom. The SMILES string of the molecule is CCCCCCCC/C=C\CCCCCCCCOCC(CN1CCCC1)OCCCCCCCC/C=C\CCCCCCCC. The van der Waals surface area contributed by atoms with Crippen molar-refractivity contribution < 1.29 is 9.47 Å². The molecule has 0 aromatic rings. The van der Waals surface area contributed by atoms with Crippen molar-refractivity contribution in [2.24, 2.45) is 0 Å². The van der Waals surface area contributed by atoms with Crippen LogP contribution >= 0.6 is 0 Å². The van der Waals surface area contributed by atoms with Crippen LogP contribution in [0.25, 0.3) is 0 Å². The van der Waals surface area contributed by atoms with Crippen molar-refractivity contribution >= 4 is 0 Å². The van der Waals surface area contributed by atoms with Gasteiger partial charge in [0, 0.05) is 19.8 Å². The van der Waals surface area contributed by atoms with Crippen LogP contribution in [0.1, 0.15) is 206 Å². The Hall–Kier alpha value is -0.640. The molecular weight excluding hydrogens is 562 g/mol. The van der Waals surface area contributed by atoms with E-state index >= 15 is 0 Å². The molecule has 0 aromatic heterocycles. The fourth-order valence-corrected chi connectivity index (χ4v) is 6.67. The Labute approximate surface area is 290 Å². The number of hydrogen-bond donors (Lipinski definition) is 0. The molecule has 0 N–H and O–H groups in total. The Morgan fingerprint density at radius 2 is 0.826 bits per heavy atom. The van der Waals surface area contributed by atoms with Crippen molar-refractivity contribution in [3.63, 3.8) is 0 Å². The smallest absolute Gasteiger partial charge is 0.0934 e. The lowest BCUT2D eigenvalue weighted by atomic mass is 10.1. The molecule has 272 valence electrons. The molecule has 46 heavy (non-hydrogen) atoms. The minimum Gasteiger partial charge on any atom is -0.379 e. The maximum Gasteiger partial charge on any atom is 0.0934 e. The number of rotatable bonds is 37. The number of hydrogen-bond acceptors (Lipinski definition) is 3. The van der Waals surface area contributed by atoms with Crippen LogP contribution in [-0.2, 0) is 9.47 Å².